The molecule has 2 aromatic carbocycles. The van der Waals surface area contributed by atoms with Crippen LogP contribution in [0.1, 0.15) is 0 Å². The van der Waals surface area contributed by atoms with Crippen molar-refractivity contribution < 1.29 is 18.5 Å². The second-order valence-electron chi connectivity index (χ2n) is 5.28. The summed E-state index contributed by atoms with van der Waals surface area (Å²) in [5, 5.41) is 17.6. The number of benzene rings is 2. The summed E-state index contributed by atoms with van der Waals surface area (Å²) in [7, 11) is 0. The molecule has 0 fully saturated rings. The first-order valence-electron chi connectivity index (χ1n) is 7.56. The van der Waals surface area contributed by atoms with E-state index in [-0.39, 0.29) is 17.3 Å². The molecule has 0 bridgehead atoms. The molecule has 0 spiro atoms. The summed E-state index contributed by atoms with van der Waals surface area (Å²) < 4.78 is 28.6. The van der Waals surface area contributed by atoms with Crippen LogP contribution in [0.5, 0.6) is 0 Å². The second-order valence-corrected chi connectivity index (χ2v) is 8.12. The normalized spacial score (nSPS) is 10.6. The number of rotatable bonds is 6. The highest BCUT2D eigenvalue weighted by Gasteiger charge is 2.17. The largest absolute Gasteiger partial charge is 0.320 e. The molecular formula is C16H10F2N4O3S3. The molecule has 12 heteroatoms. The number of hydrogen-bond donors (Lipinski definition) is 1. The fourth-order valence-electron chi connectivity index (χ4n) is 2.14. The number of nitrogens with one attached hydrogen (secondary N) is 1. The van der Waals surface area contributed by atoms with Crippen LogP contribution in [0.2, 0.25) is 0 Å². The Morgan fingerprint density at radius 2 is 1.93 bits per heavy atom. The van der Waals surface area contributed by atoms with Crippen LogP contribution >= 0.6 is 35.3 Å². The molecule has 0 radical (unpaired) electrons. The molecule has 0 aliphatic heterocycles. The van der Waals surface area contributed by atoms with Crippen LogP contribution in [-0.4, -0.2) is 26.4 Å². The Kier molecular flexibility index (Phi) is 6.11. The summed E-state index contributed by atoms with van der Waals surface area (Å²) in [5.41, 5.74) is -0.0445. The molecule has 1 amide bonds. The maximum Gasteiger partial charge on any atom is 0.295 e. The minimum absolute atomic E-state index is 0.0831. The quantitative estimate of drug-likeness (QED) is 0.261. The van der Waals surface area contributed by atoms with Crippen LogP contribution in [0.25, 0.3) is 5.69 Å². The molecule has 0 aliphatic rings. The zero-order valence-electron chi connectivity index (χ0n) is 13.8. The van der Waals surface area contributed by atoms with E-state index in [1.165, 1.54) is 40.3 Å². The molecule has 28 heavy (non-hydrogen) atoms. The zero-order valence-corrected chi connectivity index (χ0v) is 16.2. The molecule has 0 atom stereocenters. The van der Waals surface area contributed by atoms with Crippen molar-refractivity contribution in [1.29, 1.82) is 0 Å². The maximum absolute atomic E-state index is 13.2. The van der Waals surface area contributed by atoms with Crippen molar-refractivity contribution in [3.05, 3.63) is 68.2 Å². The molecule has 0 unspecified atom stereocenters. The maximum atomic E-state index is 13.2. The van der Waals surface area contributed by atoms with E-state index in [2.05, 4.69) is 10.4 Å². The number of nitro groups is 1. The molecule has 1 N–H and O–H groups in total. The highest BCUT2D eigenvalue weighted by molar-refractivity contribution is 8.01. The second kappa shape index (κ2) is 8.54. The monoisotopic (exact) mass is 440 g/mol. The Morgan fingerprint density at radius 1 is 1.25 bits per heavy atom. The van der Waals surface area contributed by atoms with E-state index in [0.717, 1.165) is 30.0 Å². The van der Waals surface area contributed by atoms with Crippen molar-refractivity contribution >= 4 is 52.6 Å². The number of hydrogen-bond acceptors (Lipinski definition) is 7. The predicted molar refractivity (Wildman–Crippen MR) is 105 cm³/mol. The smallest absolute Gasteiger partial charge is 0.295 e. The lowest BCUT2D eigenvalue weighted by molar-refractivity contribution is -0.384. The third kappa shape index (κ3) is 4.77. The van der Waals surface area contributed by atoms with Gasteiger partial charge in [-0.05, 0) is 48.6 Å². The molecule has 0 saturated carbocycles. The summed E-state index contributed by atoms with van der Waals surface area (Å²) in [6.45, 7) is 0. The van der Waals surface area contributed by atoms with Gasteiger partial charge < -0.3 is 5.32 Å². The first-order valence-corrected chi connectivity index (χ1v) is 9.77. The lowest BCUT2D eigenvalue weighted by Gasteiger charge is -2.05. The van der Waals surface area contributed by atoms with Gasteiger partial charge in [0.25, 0.3) is 5.69 Å². The van der Waals surface area contributed by atoms with E-state index in [1.807, 2.05) is 0 Å². The molecule has 1 aromatic heterocycles. The standard InChI is InChI=1S/C16H10F2N4O3S3/c17-9-1-4-11(5-2-9)21-16(26)28-15(20-21)27-8-14(23)19-12-6-3-10(18)7-13(12)22(24)25/h1-7H,8H2,(H,19,23). The summed E-state index contributed by atoms with van der Waals surface area (Å²) in [5.74, 6) is -1.76. The van der Waals surface area contributed by atoms with E-state index in [9.17, 15) is 23.7 Å². The fourth-order valence-corrected chi connectivity index (χ4v) is 4.30. The van der Waals surface area contributed by atoms with Crippen LogP contribution in [-0.2, 0) is 4.79 Å². The van der Waals surface area contributed by atoms with Crippen molar-refractivity contribution in [3.63, 3.8) is 0 Å². The van der Waals surface area contributed by atoms with Crippen LogP contribution in [0.4, 0.5) is 20.2 Å². The Hall–Kier alpha value is -2.70. The zero-order chi connectivity index (χ0) is 20.3. The number of amides is 1. The molecule has 7 nitrogen and oxygen atoms in total. The Balaban J connectivity index is 1.67. The molecule has 3 aromatic rings. The number of anilines is 1. The van der Waals surface area contributed by atoms with Crippen LogP contribution < -0.4 is 5.32 Å². The van der Waals surface area contributed by atoms with E-state index < -0.39 is 22.3 Å². The number of nitrogens with zero attached hydrogens (tertiary/aromatic N) is 3. The number of halogens is 2. The third-order valence-corrected chi connectivity index (χ3v) is 5.72. The third-order valence-electron chi connectivity index (χ3n) is 3.36. The van der Waals surface area contributed by atoms with Gasteiger partial charge in [0.2, 0.25) is 5.91 Å². The molecule has 0 aliphatic carbocycles. The lowest BCUT2D eigenvalue weighted by atomic mass is 10.2. The van der Waals surface area contributed by atoms with E-state index in [4.69, 9.17) is 12.2 Å². The number of carbonyl (C=O) groups is 1. The van der Waals surface area contributed by atoms with Gasteiger partial charge in [-0.1, -0.05) is 23.1 Å². The van der Waals surface area contributed by atoms with Gasteiger partial charge in [0.1, 0.15) is 17.3 Å². The Labute approximate surface area is 170 Å². The van der Waals surface area contributed by atoms with Crippen LogP contribution in [0.3, 0.4) is 0 Å². The van der Waals surface area contributed by atoms with Gasteiger partial charge in [-0.25, -0.2) is 13.5 Å². The van der Waals surface area contributed by atoms with Gasteiger partial charge >= 0.3 is 0 Å². The van der Waals surface area contributed by atoms with Crippen molar-refractivity contribution in [3.8, 4) is 5.69 Å². The lowest BCUT2D eigenvalue weighted by Crippen LogP contribution is -2.15. The highest BCUT2D eigenvalue weighted by Crippen LogP contribution is 2.27. The van der Waals surface area contributed by atoms with E-state index in [0.29, 0.717) is 14.0 Å². The van der Waals surface area contributed by atoms with Crippen LogP contribution in [0, 0.1) is 25.7 Å². The van der Waals surface area contributed by atoms with Gasteiger partial charge in [-0.15, -0.1) is 5.10 Å². The summed E-state index contributed by atoms with van der Waals surface area (Å²) in [6, 6.07) is 8.51. The summed E-state index contributed by atoms with van der Waals surface area (Å²) in [4.78, 5) is 22.3. The number of nitro benzene ring substituents is 1. The van der Waals surface area contributed by atoms with E-state index in [1.54, 1.807) is 0 Å². The highest BCUT2D eigenvalue weighted by atomic mass is 32.2. The molecular weight excluding hydrogens is 430 g/mol. The minimum atomic E-state index is -0.776. The van der Waals surface area contributed by atoms with Gasteiger partial charge in [0.15, 0.2) is 8.29 Å². The molecule has 0 saturated heterocycles. The first-order chi connectivity index (χ1) is 13.3. The predicted octanol–water partition coefficient (Wildman–Crippen LogP) is 4.58. The van der Waals surface area contributed by atoms with Crippen molar-refractivity contribution in [2.75, 3.05) is 11.1 Å². The number of thioether (sulfide) groups is 1. The number of carbonyl (C=O) groups excluding carboxylic acids is 1. The Morgan fingerprint density at radius 3 is 2.61 bits per heavy atom. The van der Waals surface area contributed by atoms with Crippen molar-refractivity contribution in [1.82, 2.24) is 9.78 Å². The SMILES string of the molecule is O=C(CSc1nn(-c2ccc(F)cc2)c(=S)s1)Nc1ccc(F)cc1[N+](=O)[O-]. The first kappa shape index (κ1) is 20.0. The van der Waals surface area contributed by atoms with Gasteiger partial charge in [-0.3, -0.25) is 14.9 Å². The minimum Gasteiger partial charge on any atom is -0.320 e. The summed E-state index contributed by atoms with van der Waals surface area (Å²) >= 11 is 7.49. The Bertz CT molecular complexity index is 1100. The van der Waals surface area contributed by atoms with E-state index >= 15 is 0 Å². The molecule has 144 valence electrons. The average molecular weight is 440 g/mol. The van der Waals surface area contributed by atoms with Crippen molar-refractivity contribution in [2.45, 2.75) is 4.34 Å². The van der Waals surface area contributed by atoms with Crippen LogP contribution in [0.15, 0.2) is 46.8 Å². The van der Waals surface area contributed by atoms with Crippen molar-refractivity contribution in [2.24, 2.45) is 0 Å². The van der Waals surface area contributed by atoms with Gasteiger partial charge in [0.05, 0.1) is 22.4 Å². The number of aromatic nitrogens is 2. The average Bonchev–Trinajstić information content (AvgIpc) is 3.03. The van der Waals surface area contributed by atoms with Gasteiger partial charge in [-0.2, -0.15) is 0 Å². The molecule has 1 heterocycles. The molecule has 3 rings (SSSR count). The topological polar surface area (TPSA) is 90.1 Å². The fraction of sp³-hybridized carbons (Fsp3) is 0.0625. The van der Waals surface area contributed by atoms with Gasteiger partial charge in [0, 0.05) is 0 Å². The summed E-state index contributed by atoms with van der Waals surface area (Å²) in [6.07, 6.45) is 0.